The van der Waals surface area contributed by atoms with Crippen LogP contribution in [0.4, 0.5) is 4.39 Å². The van der Waals surface area contributed by atoms with E-state index in [1.165, 1.54) is 18.2 Å². The Morgan fingerprint density at radius 2 is 2.12 bits per heavy atom. The van der Waals surface area contributed by atoms with Crippen LogP contribution in [0, 0.1) is 11.7 Å². The number of carboxylic acids is 1. The molecule has 0 bridgehead atoms. The molecule has 2 rings (SSSR count). The van der Waals surface area contributed by atoms with Crippen LogP contribution in [0.25, 0.3) is 0 Å². The second-order valence-corrected chi connectivity index (χ2v) is 3.66. The van der Waals surface area contributed by atoms with E-state index in [4.69, 9.17) is 5.11 Å². The summed E-state index contributed by atoms with van der Waals surface area (Å²) in [5.41, 5.74) is 1.08. The van der Waals surface area contributed by atoms with Gasteiger partial charge in [0.1, 0.15) is 5.82 Å². The van der Waals surface area contributed by atoms with E-state index < -0.39 is 17.7 Å². The standard InChI is InChI=1S/C11H9FO3.C2H6/c12-8-1-2-9-6(4-8)3-7(11(9)15)5-10(13)14;1-2/h1-2,4,7H,3,5H2,(H,13,14);1-2H3. The van der Waals surface area contributed by atoms with Gasteiger partial charge >= 0.3 is 5.97 Å². The minimum Gasteiger partial charge on any atom is -0.481 e. The molecule has 0 amide bonds. The SMILES string of the molecule is CC.O=C(O)CC1Cc2cc(F)ccc2C1=O. The number of carbonyl (C=O) groups excluding carboxylic acids is 1. The molecule has 1 unspecified atom stereocenters. The topological polar surface area (TPSA) is 54.4 Å². The molecular formula is C13H15FO3. The zero-order valence-electron chi connectivity index (χ0n) is 9.87. The van der Waals surface area contributed by atoms with Gasteiger partial charge in [-0.3, -0.25) is 9.59 Å². The van der Waals surface area contributed by atoms with Crippen LogP contribution in [-0.4, -0.2) is 16.9 Å². The predicted molar refractivity (Wildman–Crippen MR) is 61.5 cm³/mol. The number of Topliss-reactive ketones (excluding diaryl/α,β-unsaturated/α-hetero) is 1. The van der Waals surface area contributed by atoms with Crippen LogP contribution >= 0.6 is 0 Å². The van der Waals surface area contributed by atoms with Crippen molar-refractivity contribution in [2.45, 2.75) is 26.7 Å². The molecule has 1 N–H and O–H groups in total. The highest BCUT2D eigenvalue weighted by atomic mass is 19.1. The van der Waals surface area contributed by atoms with Crippen LogP contribution in [0.15, 0.2) is 18.2 Å². The summed E-state index contributed by atoms with van der Waals surface area (Å²) < 4.78 is 12.9. The molecule has 4 heteroatoms. The Labute approximate surface area is 99.3 Å². The smallest absolute Gasteiger partial charge is 0.304 e. The fourth-order valence-electron chi connectivity index (χ4n) is 1.93. The van der Waals surface area contributed by atoms with Gasteiger partial charge in [-0.05, 0) is 30.2 Å². The summed E-state index contributed by atoms with van der Waals surface area (Å²) in [4.78, 5) is 22.2. The fraction of sp³-hybridized carbons (Fsp3) is 0.385. The lowest BCUT2D eigenvalue weighted by Gasteiger charge is -2.01. The zero-order chi connectivity index (χ0) is 13.0. The van der Waals surface area contributed by atoms with Crippen LogP contribution in [0.5, 0.6) is 0 Å². The molecule has 1 aliphatic rings. The number of ketones is 1. The number of benzene rings is 1. The highest BCUT2D eigenvalue weighted by Crippen LogP contribution is 2.29. The van der Waals surface area contributed by atoms with Gasteiger partial charge in [-0.25, -0.2) is 4.39 Å². The lowest BCUT2D eigenvalue weighted by molar-refractivity contribution is -0.137. The van der Waals surface area contributed by atoms with E-state index in [2.05, 4.69) is 0 Å². The fourth-order valence-corrected chi connectivity index (χ4v) is 1.93. The molecule has 1 aromatic carbocycles. The van der Waals surface area contributed by atoms with E-state index in [9.17, 15) is 14.0 Å². The first-order valence-corrected chi connectivity index (χ1v) is 5.62. The summed E-state index contributed by atoms with van der Waals surface area (Å²) in [6, 6.07) is 3.95. The van der Waals surface area contributed by atoms with Crippen LogP contribution in [0.2, 0.25) is 0 Å². The van der Waals surface area contributed by atoms with Gasteiger partial charge in [0.2, 0.25) is 0 Å². The predicted octanol–water partition coefficient (Wildman–Crippen LogP) is 2.68. The number of fused-ring (bicyclic) bond motifs is 1. The Morgan fingerprint density at radius 3 is 2.71 bits per heavy atom. The van der Waals surface area contributed by atoms with Crippen molar-refractivity contribution < 1.29 is 19.1 Å². The number of hydrogen-bond acceptors (Lipinski definition) is 2. The summed E-state index contributed by atoms with van der Waals surface area (Å²) in [6.45, 7) is 4.00. The third-order valence-electron chi connectivity index (χ3n) is 2.59. The normalized spacial score (nSPS) is 17.1. The van der Waals surface area contributed by atoms with Crippen LogP contribution in [-0.2, 0) is 11.2 Å². The summed E-state index contributed by atoms with van der Waals surface area (Å²) in [5, 5.41) is 8.60. The molecule has 0 spiro atoms. The maximum absolute atomic E-state index is 12.9. The molecule has 92 valence electrons. The van der Waals surface area contributed by atoms with Crippen LogP contribution in [0.3, 0.4) is 0 Å². The number of carboxylic acid groups (broad SMARTS) is 1. The van der Waals surface area contributed by atoms with E-state index in [-0.39, 0.29) is 12.2 Å². The number of rotatable bonds is 2. The summed E-state index contributed by atoms with van der Waals surface area (Å²) in [5.74, 6) is -2.11. The minimum absolute atomic E-state index is 0.185. The molecule has 1 aromatic rings. The number of carbonyl (C=O) groups is 2. The summed E-state index contributed by atoms with van der Waals surface area (Å²) in [6.07, 6.45) is 0.146. The molecule has 0 heterocycles. The molecule has 17 heavy (non-hydrogen) atoms. The molecule has 0 aliphatic heterocycles. The van der Waals surface area contributed by atoms with Crippen molar-refractivity contribution in [2.24, 2.45) is 5.92 Å². The molecule has 0 radical (unpaired) electrons. The van der Waals surface area contributed by atoms with E-state index in [0.29, 0.717) is 17.5 Å². The quantitative estimate of drug-likeness (QED) is 0.861. The van der Waals surface area contributed by atoms with E-state index >= 15 is 0 Å². The molecule has 1 atom stereocenters. The highest BCUT2D eigenvalue weighted by Gasteiger charge is 2.31. The molecule has 1 aliphatic carbocycles. The highest BCUT2D eigenvalue weighted by molar-refractivity contribution is 6.03. The molecular weight excluding hydrogens is 223 g/mol. The van der Waals surface area contributed by atoms with Gasteiger partial charge in [0.25, 0.3) is 0 Å². The third-order valence-corrected chi connectivity index (χ3v) is 2.59. The van der Waals surface area contributed by atoms with Gasteiger partial charge in [0.05, 0.1) is 6.42 Å². The average molecular weight is 238 g/mol. The van der Waals surface area contributed by atoms with Crippen molar-refractivity contribution in [3.8, 4) is 0 Å². The summed E-state index contributed by atoms with van der Waals surface area (Å²) >= 11 is 0. The molecule has 0 saturated carbocycles. The lowest BCUT2D eigenvalue weighted by atomic mass is 10.0. The Balaban J connectivity index is 0.000000686. The Bertz CT molecular complexity index is 440. The first kappa shape index (κ1) is 13.4. The largest absolute Gasteiger partial charge is 0.481 e. The van der Waals surface area contributed by atoms with Crippen LogP contribution in [0.1, 0.15) is 36.2 Å². The van der Waals surface area contributed by atoms with Crippen molar-refractivity contribution in [1.82, 2.24) is 0 Å². The average Bonchev–Trinajstić information content (AvgIpc) is 2.57. The second kappa shape index (κ2) is 5.57. The van der Waals surface area contributed by atoms with Gasteiger partial charge in [-0.15, -0.1) is 0 Å². The van der Waals surface area contributed by atoms with E-state index in [1.54, 1.807) is 0 Å². The number of hydrogen-bond donors (Lipinski definition) is 1. The second-order valence-electron chi connectivity index (χ2n) is 3.66. The number of halogens is 1. The van der Waals surface area contributed by atoms with Crippen molar-refractivity contribution in [2.75, 3.05) is 0 Å². The lowest BCUT2D eigenvalue weighted by Crippen LogP contribution is -2.13. The maximum atomic E-state index is 12.9. The molecule has 3 nitrogen and oxygen atoms in total. The molecule has 0 fully saturated rings. The molecule has 0 aromatic heterocycles. The van der Waals surface area contributed by atoms with Gasteiger partial charge in [-0.1, -0.05) is 13.8 Å². The monoisotopic (exact) mass is 238 g/mol. The first-order chi connectivity index (χ1) is 8.08. The van der Waals surface area contributed by atoms with Crippen LogP contribution < -0.4 is 0 Å². The third kappa shape index (κ3) is 2.90. The number of aliphatic carboxylic acids is 1. The van der Waals surface area contributed by atoms with Crippen molar-refractivity contribution in [3.63, 3.8) is 0 Å². The Hall–Kier alpha value is -1.71. The van der Waals surface area contributed by atoms with Gasteiger partial charge in [0, 0.05) is 11.5 Å². The molecule has 0 saturated heterocycles. The Kier molecular flexibility index (Phi) is 4.37. The van der Waals surface area contributed by atoms with Gasteiger partial charge < -0.3 is 5.11 Å². The van der Waals surface area contributed by atoms with Gasteiger partial charge in [0.15, 0.2) is 5.78 Å². The first-order valence-electron chi connectivity index (χ1n) is 5.62. The van der Waals surface area contributed by atoms with Crippen molar-refractivity contribution in [1.29, 1.82) is 0 Å². The van der Waals surface area contributed by atoms with Crippen molar-refractivity contribution in [3.05, 3.63) is 35.1 Å². The van der Waals surface area contributed by atoms with E-state index in [1.807, 2.05) is 13.8 Å². The van der Waals surface area contributed by atoms with Crippen molar-refractivity contribution >= 4 is 11.8 Å². The maximum Gasteiger partial charge on any atom is 0.304 e. The van der Waals surface area contributed by atoms with E-state index in [0.717, 1.165) is 0 Å². The van der Waals surface area contributed by atoms with Gasteiger partial charge in [-0.2, -0.15) is 0 Å². The zero-order valence-corrected chi connectivity index (χ0v) is 9.87. The summed E-state index contributed by atoms with van der Waals surface area (Å²) in [7, 11) is 0. The Morgan fingerprint density at radius 1 is 1.47 bits per heavy atom. The minimum atomic E-state index is -0.998.